The molecule has 1 aromatic heterocycles. The Morgan fingerprint density at radius 3 is 2.91 bits per heavy atom. The van der Waals surface area contributed by atoms with Gasteiger partial charge in [0.25, 0.3) is 5.91 Å². The van der Waals surface area contributed by atoms with Gasteiger partial charge in [0, 0.05) is 25.9 Å². The second-order valence-corrected chi connectivity index (χ2v) is 5.41. The fourth-order valence-electron chi connectivity index (χ4n) is 2.70. The van der Waals surface area contributed by atoms with Gasteiger partial charge in [0.05, 0.1) is 6.61 Å². The Hall–Kier alpha value is -2.47. The average molecular weight is 312 g/mol. The van der Waals surface area contributed by atoms with Crippen LogP contribution in [0.3, 0.4) is 0 Å². The molecule has 23 heavy (non-hydrogen) atoms. The Morgan fingerprint density at radius 1 is 1.26 bits per heavy atom. The Kier molecular flexibility index (Phi) is 4.83. The normalized spacial score (nSPS) is 13.5. The number of hydrogen-bond acceptors (Lipinski definition) is 5. The number of para-hydroxylation sites is 1. The summed E-state index contributed by atoms with van der Waals surface area (Å²) in [7, 11) is 1.64. The summed E-state index contributed by atoms with van der Waals surface area (Å²) >= 11 is 0. The first-order valence-corrected chi connectivity index (χ1v) is 7.76. The van der Waals surface area contributed by atoms with Gasteiger partial charge in [0.1, 0.15) is 5.82 Å². The number of aryl methyl sites for hydroxylation is 1. The molecule has 0 atom stereocenters. The van der Waals surface area contributed by atoms with Crippen molar-refractivity contribution in [1.82, 2.24) is 10.2 Å². The predicted octanol–water partition coefficient (Wildman–Crippen LogP) is 2.13. The fourth-order valence-corrected chi connectivity index (χ4v) is 2.70. The highest BCUT2D eigenvalue weighted by Gasteiger charge is 2.24. The van der Waals surface area contributed by atoms with Crippen LogP contribution in [0, 0.1) is 0 Å². The number of anilines is 2. The van der Waals surface area contributed by atoms with Crippen LogP contribution >= 0.6 is 0 Å². The van der Waals surface area contributed by atoms with Gasteiger partial charge in [-0.1, -0.05) is 18.2 Å². The third-order valence-corrected chi connectivity index (χ3v) is 3.85. The molecule has 0 saturated heterocycles. The molecule has 0 bridgehead atoms. The van der Waals surface area contributed by atoms with Gasteiger partial charge in [0.15, 0.2) is 5.69 Å². The van der Waals surface area contributed by atoms with Crippen molar-refractivity contribution in [3.05, 3.63) is 47.7 Å². The smallest absolute Gasteiger partial charge is 0.278 e. The molecule has 1 aromatic carbocycles. The van der Waals surface area contributed by atoms with Gasteiger partial charge in [-0.05, 0) is 36.6 Å². The summed E-state index contributed by atoms with van der Waals surface area (Å²) in [6.45, 7) is 1.95. The van der Waals surface area contributed by atoms with E-state index in [1.54, 1.807) is 24.1 Å². The third-order valence-electron chi connectivity index (χ3n) is 3.85. The zero-order valence-corrected chi connectivity index (χ0v) is 13.2. The first kappa shape index (κ1) is 15.4. The number of nitrogens with one attached hydrogen (secondary N) is 1. The number of aromatic nitrogens is 2. The van der Waals surface area contributed by atoms with Crippen LogP contribution in [0.25, 0.3) is 0 Å². The summed E-state index contributed by atoms with van der Waals surface area (Å²) in [5.74, 6) is 0.533. The maximum Gasteiger partial charge on any atom is 0.278 e. The zero-order valence-electron chi connectivity index (χ0n) is 13.2. The molecular formula is C17H20N4O2. The number of benzene rings is 1. The van der Waals surface area contributed by atoms with Crippen molar-refractivity contribution >= 4 is 17.4 Å². The van der Waals surface area contributed by atoms with Crippen LogP contribution in [0.1, 0.15) is 22.5 Å². The summed E-state index contributed by atoms with van der Waals surface area (Å²) < 4.78 is 4.97. The fraction of sp³-hybridized carbons (Fsp3) is 0.353. The summed E-state index contributed by atoms with van der Waals surface area (Å²) in [5, 5.41) is 11.2. The minimum Gasteiger partial charge on any atom is -0.383 e. The highest BCUT2D eigenvalue weighted by atomic mass is 16.5. The van der Waals surface area contributed by atoms with Gasteiger partial charge in [-0.3, -0.25) is 4.79 Å². The molecule has 0 saturated carbocycles. The number of carbonyl (C=O) groups is 1. The average Bonchev–Trinajstić information content (AvgIpc) is 2.61. The van der Waals surface area contributed by atoms with E-state index < -0.39 is 0 Å². The van der Waals surface area contributed by atoms with Crippen molar-refractivity contribution < 1.29 is 9.53 Å². The summed E-state index contributed by atoms with van der Waals surface area (Å²) in [5.41, 5.74) is 2.55. The number of ether oxygens (including phenoxy) is 1. The number of amides is 1. The lowest BCUT2D eigenvalue weighted by molar-refractivity contribution is 0.0979. The predicted molar refractivity (Wildman–Crippen MR) is 88.8 cm³/mol. The number of rotatable bonds is 5. The Bertz CT molecular complexity index is 673. The van der Waals surface area contributed by atoms with Crippen LogP contribution in [-0.4, -0.2) is 42.9 Å². The lowest BCUT2D eigenvalue weighted by Crippen LogP contribution is -2.36. The topological polar surface area (TPSA) is 67.3 Å². The van der Waals surface area contributed by atoms with Gasteiger partial charge >= 0.3 is 0 Å². The van der Waals surface area contributed by atoms with E-state index in [4.69, 9.17) is 4.74 Å². The van der Waals surface area contributed by atoms with E-state index in [1.807, 2.05) is 18.2 Å². The Morgan fingerprint density at radius 2 is 2.13 bits per heavy atom. The molecule has 6 nitrogen and oxygen atoms in total. The number of carbonyl (C=O) groups excluding carboxylic acids is 1. The number of methoxy groups -OCH3 is 1. The Balaban J connectivity index is 1.74. The highest BCUT2D eigenvalue weighted by Crippen LogP contribution is 2.27. The molecule has 0 aliphatic carbocycles. The Labute approximate surface area is 135 Å². The van der Waals surface area contributed by atoms with E-state index in [2.05, 4.69) is 21.6 Å². The van der Waals surface area contributed by atoms with Crippen LogP contribution in [-0.2, 0) is 11.2 Å². The maximum atomic E-state index is 12.7. The molecule has 0 unspecified atom stereocenters. The van der Waals surface area contributed by atoms with Crippen LogP contribution in [0.15, 0.2) is 36.4 Å². The molecule has 1 amide bonds. The molecule has 1 N–H and O–H groups in total. The number of fused-ring (bicyclic) bond motifs is 1. The molecule has 0 spiro atoms. The number of nitrogens with zero attached hydrogens (tertiary/aromatic N) is 3. The van der Waals surface area contributed by atoms with Crippen molar-refractivity contribution in [2.75, 3.05) is 37.0 Å². The van der Waals surface area contributed by atoms with Gasteiger partial charge in [-0.15, -0.1) is 10.2 Å². The summed E-state index contributed by atoms with van der Waals surface area (Å²) in [6, 6.07) is 11.5. The second-order valence-electron chi connectivity index (χ2n) is 5.41. The molecule has 2 heterocycles. The lowest BCUT2D eigenvalue weighted by atomic mass is 10.0. The monoisotopic (exact) mass is 312 g/mol. The molecular weight excluding hydrogens is 292 g/mol. The molecule has 3 rings (SSSR count). The van der Waals surface area contributed by atoms with Crippen molar-refractivity contribution in [2.24, 2.45) is 0 Å². The largest absolute Gasteiger partial charge is 0.383 e. The third kappa shape index (κ3) is 3.48. The van der Waals surface area contributed by atoms with E-state index in [9.17, 15) is 4.79 Å². The summed E-state index contributed by atoms with van der Waals surface area (Å²) in [6.07, 6.45) is 1.97. The zero-order chi connectivity index (χ0) is 16.1. The van der Waals surface area contributed by atoms with E-state index in [1.165, 1.54) is 5.56 Å². The summed E-state index contributed by atoms with van der Waals surface area (Å²) in [4.78, 5) is 14.5. The van der Waals surface area contributed by atoms with Crippen LogP contribution < -0.4 is 10.2 Å². The quantitative estimate of drug-likeness (QED) is 0.857. The maximum absolute atomic E-state index is 12.7. The second kappa shape index (κ2) is 7.19. The van der Waals surface area contributed by atoms with Crippen molar-refractivity contribution in [2.45, 2.75) is 12.8 Å². The van der Waals surface area contributed by atoms with Crippen LogP contribution in [0.2, 0.25) is 0 Å². The molecule has 120 valence electrons. The van der Waals surface area contributed by atoms with Gasteiger partial charge in [0.2, 0.25) is 0 Å². The van der Waals surface area contributed by atoms with Gasteiger partial charge in [-0.2, -0.15) is 0 Å². The molecule has 6 heteroatoms. The van der Waals surface area contributed by atoms with Gasteiger partial charge in [-0.25, -0.2) is 0 Å². The molecule has 1 aliphatic heterocycles. The van der Waals surface area contributed by atoms with E-state index in [0.717, 1.165) is 18.5 Å². The molecule has 0 radical (unpaired) electrons. The van der Waals surface area contributed by atoms with Crippen LogP contribution in [0.4, 0.5) is 11.5 Å². The van der Waals surface area contributed by atoms with E-state index in [0.29, 0.717) is 31.2 Å². The highest BCUT2D eigenvalue weighted by molar-refractivity contribution is 6.05. The van der Waals surface area contributed by atoms with Crippen molar-refractivity contribution in [3.63, 3.8) is 0 Å². The molecule has 1 aliphatic rings. The van der Waals surface area contributed by atoms with Crippen molar-refractivity contribution in [3.8, 4) is 0 Å². The van der Waals surface area contributed by atoms with E-state index >= 15 is 0 Å². The number of hydrogen-bond donors (Lipinski definition) is 1. The first-order chi connectivity index (χ1) is 11.3. The van der Waals surface area contributed by atoms with Gasteiger partial charge < -0.3 is 15.0 Å². The van der Waals surface area contributed by atoms with Crippen molar-refractivity contribution in [1.29, 1.82) is 0 Å². The first-order valence-electron chi connectivity index (χ1n) is 7.76. The molecule has 2 aromatic rings. The minimum atomic E-state index is -0.104. The standard InChI is InChI=1S/C17H20N4O2/c1-23-12-10-18-16-9-8-14(19-20-16)17(22)21-11-4-6-13-5-2-3-7-15(13)21/h2-3,5,7-9H,4,6,10-12H2,1H3,(H,18,20). The minimum absolute atomic E-state index is 0.104. The van der Waals surface area contributed by atoms with E-state index in [-0.39, 0.29) is 5.91 Å². The van der Waals surface area contributed by atoms with Crippen LogP contribution in [0.5, 0.6) is 0 Å². The lowest BCUT2D eigenvalue weighted by Gasteiger charge is -2.29. The SMILES string of the molecule is COCCNc1ccc(C(=O)N2CCCc3ccccc32)nn1. The molecule has 0 fully saturated rings.